The van der Waals surface area contributed by atoms with Crippen molar-refractivity contribution in [2.45, 2.75) is 96.6 Å². The first kappa shape index (κ1) is 19.0. The molecular formula is C19H40N2. The lowest BCUT2D eigenvalue weighted by atomic mass is 9.71. The molecular weight excluding hydrogens is 256 g/mol. The standard InChI is InChI=1S/C19H40N2/c1-6-8-9-10-11-18(20-16-7-2)19(21(4)5)14-12-17(3)13-15-19/h17-18,20H,6-16H2,1-5H3. The molecule has 1 aliphatic rings. The lowest BCUT2D eigenvalue weighted by Crippen LogP contribution is -2.60. The van der Waals surface area contributed by atoms with E-state index in [9.17, 15) is 0 Å². The van der Waals surface area contributed by atoms with Gasteiger partial charge in [0, 0.05) is 11.6 Å². The predicted molar refractivity (Wildman–Crippen MR) is 94.9 cm³/mol. The zero-order valence-corrected chi connectivity index (χ0v) is 15.4. The normalized spacial score (nSPS) is 28.0. The molecule has 1 fully saturated rings. The van der Waals surface area contributed by atoms with Crippen molar-refractivity contribution in [2.24, 2.45) is 5.92 Å². The average Bonchev–Trinajstić information content (AvgIpc) is 2.47. The summed E-state index contributed by atoms with van der Waals surface area (Å²) in [6.07, 6.45) is 13.7. The highest BCUT2D eigenvalue weighted by atomic mass is 15.2. The summed E-state index contributed by atoms with van der Waals surface area (Å²) >= 11 is 0. The second-order valence-corrected chi connectivity index (χ2v) is 7.54. The molecule has 1 saturated carbocycles. The summed E-state index contributed by atoms with van der Waals surface area (Å²) in [6.45, 7) is 8.18. The zero-order valence-electron chi connectivity index (χ0n) is 15.4. The third kappa shape index (κ3) is 5.56. The van der Waals surface area contributed by atoms with Crippen LogP contribution < -0.4 is 5.32 Å². The monoisotopic (exact) mass is 296 g/mol. The van der Waals surface area contributed by atoms with E-state index in [4.69, 9.17) is 0 Å². The predicted octanol–water partition coefficient (Wildman–Crippen LogP) is 4.84. The van der Waals surface area contributed by atoms with Crippen LogP contribution in [0.2, 0.25) is 0 Å². The van der Waals surface area contributed by atoms with Crippen molar-refractivity contribution in [1.29, 1.82) is 0 Å². The molecule has 1 N–H and O–H groups in total. The Labute approximate surface area is 134 Å². The van der Waals surface area contributed by atoms with Gasteiger partial charge in [-0.3, -0.25) is 0 Å². The van der Waals surface area contributed by atoms with Crippen molar-refractivity contribution in [3.63, 3.8) is 0 Å². The maximum absolute atomic E-state index is 3.91. The first-order valence-electron chi connectivity index (χ1n) is 9.47. The van der Waals surface area contributed by atoms with Crippen LogP contribution in [0.25, 0.3) is 0 Å². The summed E-state index contributed by atoms with van der Waals surface area (Å²) in [5, 5.41) is 3.91. The van der Waals surface area contributed by atoms with E-state index >= 15 is 0 Å². The molecule has 126 valence electrons. The topological polar surface area (TPSA) is 15.3 Å². The number of hydrogen-bond acceptors (Lipinski definition) is 2. The maximum Gasteiger partial charge on any atom is 0.0356 e. The van der Waals surface area contributed by atoms with Gasteiger partial charge in [0.05, 0.1) is 0 Å². The lowest BCUT2D eigenvalue weighted by Gasteiger charge is -2.50. The van der Waals surface area contributed by atoms with E-state index in [0.717, 1.165) is 5.92 Å². The van der Waals surface area contributed by atoms with Crippen molar-refractivity contribution in [3.05, 3.63) is 0 Å². The molecule has 0 radical (unpaired) electrons. The Morgan fingerprint density at radius 2 is 1.71 bits per heavy atom. The molecule has 2 heteroatoms. The summed E-state index contributed by atoms with van der Waals surface area (Å²) in [7, 11) is 4.62. The van der Waals surface area contributed by atoms with Crippen molar-refractivity contribution in [3.8, 4) is 0 Å². The van der Waals surface area contributed by atoms with Gasteiger partial charge in [-0.2, -0.15) is 0 Å². The van der Waals surface area contributed by atoms with Gasteiger partial charge in [-0.25, -0.2) is 0 Å². The van der Waals surface area contributed by atoms with E-state index in [1.807, 2.05) is 0 Å². The Bertz CT molecular complexity index is 254. The van der Waals surface area contributed by atoms with Crippen molar-refractivity contribution < 1.29 is 0 Å². The summed E-state index contributed by atoms with van der Waals surface area (Å²) in [6, 6.07) is 0.678. The van der Waals surface area contributed by atoms with Gasteiger partial charge in [0.2, 0.25) is 0 Å². The molecule has 0 amide bonds. The number of rotatable bonds is 10. The molecule has 0 spiro atoms. The van der Waals surface area contributed by atoms with Crippen LogP contribution in [0, 0.1) is 5.92 Å². The van der Waals surface area contributed by atoms with Crippen molar-refractivity contribution in [1.82, 2.24) is 10.2 Å². The van der Waals surface area contributed by atoms with Crippen LogP contribution in [0.15, 0.2) is 0 Å². The van der Waals surface area contributed by atoms with E-state index in [2.05, 4.69) is 45.1 Å². The van der Waals surface area contributed by atoms with Gasteiger partial charge in [-0.1, -0.05) is 46.5 Å². The zero-order chi connectivity index (χ0) is 15.7. The molecule has 0 heterocycles. The molecule has 1 rings (SSSR count). The number of unbranched alkanes of at least 4 members (excludes halogenated alkanes) is 3. The van der Waals surface area contributed by atoms with Crippen LogP contribution in [0.4, 0.5) is 0 Å². The number of likely N-dealkylation sites (N-methyl/N-ethyl adjacent to an activating group) is 1. The first-order valence-corrected chi connectivity index (χ1v) is 9.47. The Hall–Kier alpha value is -0.0800. The minimum Gasteiger partial charge on any atom is -0.312 e. The van der Waals surface area contributed by atoms with E-state index in [1.165, 1.54) is 70.8 Å². The fraction of sp³-hybridized carbons (Fsp3) is 1.00. The average molecular weight is 297 g/mol. The Morgan fingerprint density at radius 3 is 2.24 bits per heavy atom. The summed E-state index contributed by atoms with van der Waals surface area (Å²) < 4.78 is 0. The second-order valence-electron chi connectivity index (χ2n) is 7.54. The molecule has 0 aromatic carbocycles. The van der Waals surface area contributed by atoms with Gasteiger partial charge in [-0.05, 0) is 65.1 Å². The fourth-order valence-corrected chi connectivity index (χ4v) is 4.02. The molecule has 0 aromatic rings. The van der Waals surface area contributed by atoms with E-state index in [1.54, 1.807) is 0 Å². The van der Waals surface area contributed by atoms with Crippen LogP contribution in [-0.2, 0) is 0 Å². The fourth-order valence-electron chi connectivity index (χ4n) is 4.02. The summed E-state index contributed by atoms with van der Waals surface area (Å²) in [5.74, 6) is 0.921. The van der Waals surface area contributed by atoms with Gasteiger partial charge in [0.15, 0.2) is 0 Å². The van der Waals surface area contributed by atoms with E-state index in [0.29, 0.717) is 11.6 Å². The summed E-state index contributed by atoms with van der Waals surface area (Å²) in [5.41, 5.74) is 0.397. The number of nitrogens with zero attached hydrogens (tertiary/aromatic N) is 1. The van der Waals surface area contributed by atoms with Gasteiger partial charge in [0.25, 0.3) is 0 Å². The van der Waals surface area contributed by atoms with Crippen LogP contribution >= 0.6 is 0 Å². The lowest BCUT2D eigenvalue weighted by molar-refractivity contribution is 0.0394. The third-order valence-electron chi connectivity index (χ3n) is 5.67. The number of hydrogen-bond donors (Lipinski definition) is 1. The SMILES string of the molecule is CCCCCCC(NCCC)C1(N(C)C)CCC(C)CC1. The molecule has 2 nitrogen and oxygen atoms in total. The van der Waals surface area contributed by atoms with Crippen LogP contribution in [0.1, 0.15) is 85.0 Å². The first-order chi connectivity index (χ1) is 10.1. The third-order valence-corrected chi connectivity index (χ3v) is 5.67. The molecule has 1 aliphatic carbocycles. The molecule has 1 unspecified atom stereocenters. The minimum absolute atomic E-state index is 0.397. The molecule has 0 bridgehead atoms. The van der Waals surface area contributed by atoms with E-state index < -0.39 is 0 Å². The quantitative estimate of drug-likeness (QED) is 0.581. The number of nitrogens with one attached hydrogen (secondary N) is 1. The minimum atomic E-state index is 0.397. The Kier molecular flexibility index (Phi) is 8.89. The van der Waals surface area contributed by atoms with Crippen LogP contribution in [0.5, 0.6) is 0 Å². The molecule has 0 saturated heterocycles. The Balaban J connectivity index is 2.70. The second kappa shape index (κ2) is 9.84. The van der Waals surface area contributed by atoms with Crippen LogP contribution in [-0.4, -0.2) is 37.1 Å². The molecule has 0 aromatic heterocycles. The highest BCUT2D eigenvalue weighted by Crippen LogP contribution is 2.39. The highest BCUT2D eigenvalue weighted by Gasteiger charge is 2.42. The molecule has 1 atom stereocenters. The van der Waals surface area contributed by atoms with Gasteiger partial charge >= 0.3 is 0 Å². The Morgan fingerprint density at radius 1 is 1.05 bits per heavy atom. The smallest absolute Gasteiger partial charge is 0.0356 e. The van der Waals surface area contributed by atoms with Gasteiger partial charge in [-0.15, -0.1) is 0 Å². The van der Waals surface area contributed by atoms with Crippen molar-refractivity contribution >= 4 is 0 Å². The van der Waals surface area contributed by atoms with Crippen molar-refractivity contribution in [2.75, 3.05) is 20.6 Å². The van der Waals surface area contributed by atoms with E-state index in [-0.39, 0.29) is 0 Å². The van der Waals surface area contributed by atoms with Crippen LogP contribution in [0.3, 0.4) is 0 Å². The van der Waals surface area contributed by atoms with Gasteiger partial charge < -0.3 is 10.2 Å². The molecule has 0 aliphatic heterocycles. The maximum atomic E-state index is 3.91. The van der Waals surface area contributed by atoms with Gasteiger partial charge in [0.1, 0.15) is 0 Å². The summed E-state index contributed by atoms with van der Waals surface area (Å²) in [4.78, 5) is 2.55. The highest BCUT2D eigenvalue weighted by molar-refractivity contribution is 5.01. The largest absolute Gasteiger partial charge is 0.312 e. The molecule has 21 heavy (non-hydrogen) atoms.